The van der Waals surface area contributed by atoms with E-state index < -0.39 is 15.8 Å². The van der Waals surface area contributed by atoms with Crippen LogP contribution in [0, 0.1) is 12.7 Å². The fourth-order valence-corrected chi connectivity index (χ4v) is 3.25. The van der Waals surface area contributed by atoms with Crippen molar-refractivity contribution in [1.82, 2.24) is 20.4 Å². The number of sulfonamides is 1. The van der Waals surface area contributed by atoms with Crippen LogP contribution in [0.3, 0.4) is 0 Å². The van der Waals surface area contributed by atoms with Gasteiger partial charge in [0.1, 0.15) is 5.82 Å². The molecule has 1 aromatic heterocycles. The Labute approximate surface area is 158 Å². The lowest BCUT2D eigenvalue weighted by molar-refractivity contribution is 0.570. The molecule has 2 rings (SSSR count). The molecule has 1 aromatic carbocycles. The fourth-order valence-electron chi connectivity index (χ4n) is 2.29. The molecule has 0 radical (unpaired) electrons. The minimum atomic E-state index is -3.60. The van der Waals surface area contributed by atoms with Crippen molar-refractivity contribution in [3.05, 3.63) is 48.0 Å². The molecule has 3 N–H and O–H groups in total. The highest BCUT2D eigenvalue weighted by atomic mass is 32.2. The SMILES string of the molecule is CN=C(NCCCn1cccn1)NCCS(=O)(=O)Nc1ccc(C)c(F)c1. The van der Waals surface area contributed by atoms with Gasteiger partial charge >= 0.3 is 0 Å². The van der Waals surface area contributed by atoms with Crippen molar-refractivity contribution in [3.63, 3.8) is 0 Å². The van der Waals surface area contributed by atoms with Crippen LogP contribution in [0.4, 0.5) is 10.1 Å². The average molecular weight is 396 g/mol. The van der Waals surface area contributed by atoms with Gasteiger partial charge < -0.3 is 10.6 Å². The summed E-state index contributed by atoms with van der Waals surface area (Å²) >= 11 is 0. The van der Waals surface area contributed by atoms with Crippen LogP contribution in [0.15, 0.2) is 41.7 Å². The lowest BCUT2D eigenvalue weighted by Crippen LogP contribution is -2.40. The number of aromatic nitrogens is 2. The molecule has 0 atom stereocenters. The molecule has 0 aliphatic rings. The molecule has 0 saturated carbocycles. The van der Waals surface area contributed by atoms with Crippen LogP contribution in [-0.4, -0.2) is 50.0 Å². The number of hydrogen-bond donors (Lipinski definition) is 3. The monoisotopic (exact) mass is 396 g/mol. The van der Waals surface area contributed by atoms with Gasteiger partial charge in [-0.25, -0.2) is 12.8 Å². The van der Waals surface area contributed by atoms with Crippen molar-refractivity contribution in [3.8, 4) is 0 Å². The van der Waals surface area contributed by atoms with Gasteiger partial charge in [-0.1, -0.05) is 6.07 Å². The summed E-state index contributed by atoms with van der Waals surface area (Å²) in [4.78, 5) is 4.05. The van der Waals surface area contributed by atoms with Crippen molar-refractivity contribution < 1.29 is 12.8 Å². The van der Waals surface area contributed by atoms with Crippen molar-refractivity contribution in [2.24, 2.45) is 4.99 Å². The van der Waals surface area contributed by atoms with Crippen molar-refractivity contribution in [2.75, 3.05) is 30.6 Å². The van der Waals surface area contributed by atoms with Crippen LogP contribution >= 0.6 is 0 Å². The zero-order valence-corrected chi connectivity index (χ0v) is 16.3. The summed E-state index contributed by atoms with van der Waals surface area (Å²) in [5.74, 6) is -0.101. The number of guanidine groups is 1. The van der Waals surface area contributed by atoms with Gasteiger partial charge in [0.05, 0.1) is 11.4 Å². The minimum Gasteiger partial charge on any atom is -0.356 e. The Morgan fingerprint density at radius 1 is 1.30 bits per heavy atom. The predicted molar refractivity (Wildman–Crippen MR) is 105 cm³/mol. The summed E-state index contributed by atoms with van der Waals surface area (Å²) in [6.45, 7) is 3.24. The zero-order chi connectivity index (χ0) is 19.7. The topological polar surface area (TPSA) is 100 Å². The first-order valence-corrected chi connectivity index (χ1v) is 10.2. The Bertz CT molecular complexity index is 852. The van der Waals surface area contributed by atoms with Crippen molar-refractivity contribution in [2.45, 2.75) is 19.9 Å². The van der Waals surface area contributed by atoms with E-state index in [9.17, 15) is 12.8 Å². The molecule has 0 spiro atoms. The molecule has 0 saturated heterocycles. The van der Waals surface area contributed by atoms with Gasteiger partial charge in [0.2, 0.25) is 10.0 Å². The summed E-state index contributed by atoms with van der Waals surface area (Å²) in [7, 11) is -1.98. The van der Waals surface area contributed by atoms with E-state index in [1.54, 1.807) is 20.2 Å². The van der Waals surface area contributed by atoms with E-state index in [1.165, 1.54) is 18.2 Å². The van der Waals surface area contributed by atoms with Crippen LogP contribution < -0.4 is 15.4 Å². The van der Waals surface area contributed by atoms with Gasteiger partial charge in [-0.15, -0.1) is 0 Å². The Hall–Kier alpha value is -2.62. The second kappa shape index (κ2) is 9.91. The second-order valence-electron chi connectivity index (χ2n) is 5.93. The number of halogens is 1. The average Bonchev–Trinajstić information content (AvgIpc) is 3.13. The zero-order valence-electron chi connectivity index (χ0n) is 15.4. The molecule has 10 heteroatoms. The number of nitrogens with one attached hydrogen (secondary N) is 3. The maximum absolute atomic E-state index is 13.5. The van der Waals surface area contributed by atoms with E-state index in [0.717, 1.165) is 13.0 Å². The number of anilines is 1. The standard InChI is InChI=1S/C17H25FN6O2S/c1-14-5-6-15(13-16(14)18)23-27(25,26)12-9-21-17(19-2)20-7-3-10-24-11-4-8-22-24/h4-6,8,11,13,23H,3,7,9-10,12H2,1-2H3,(H2,19,20,21). The van der Waals surface area contributed by atoms with Crippen LogP contribution in [0.25, 0.3) is 0 Å². The van der Waals surface area contributed by atoms with Crippen LogP contribution in [-0.2, 0) is 16.6 Å². The lowest BCUT2D eigenvalue weighted by Gasteiger charge is -2.13. The quantitative estimate of drug-likeness (QED) is 0.337. The van der Waals surface area contributed by atoms with E-state index in [0.29, 0.717) is 18.1 Å². The number of hydrogen-bond acceptors (Lipinski definition) is 4. The molecule has 0 unspecified atom stereocenters. The largest absolute Gasteiger partial charge is 0.356 e. The molecule has 2 aromatic rings. The molecule has 0 aliphatic heterocycles. The van der Waals surface area contributed by atoms with Crippen molar-refractivity contribution >= 4 is 21.7 Å². The molecule has 8 nitrogen and oxygen atoms in total. The van der Waals surface area contributed by atoms with Gasteiger partial charge in [0.25, 0.3) is 0 Å². The third-order valence-corrected chi connectivity index (χ3v) is 5.04. The molecular weight excluding hydrogens is 371 g/mol. The summed E-state index contributed by atoms with van der Waals surface area (Å²) in [5.41, 5.74) is 0.668. The normalized spacial score (nSPS) is 12.0. The lowest BCUT2D eigenvalue weighted by atomic mass is 10.2. The number of nitrogens with zero attached hydrogens (tertiary/aromatic N) is 3. The minimum absolute atomic E-state index is 0.169. The Kier molecular flexibility index (Phi) is 7.59. The van der Waals surface area contributed by atoms with E-state index in [2.05, 4.69) is 25.4 Å². The van der Waals surface area contributed by atoms with Crippen LogP contribution in [0.2, 0.25) is 0 Å². The van der Waals surface area contributed by atoms with Gasteiger partial charge in [-0.3, -0.25) is 14.4 Å². The summed E-state index contributed by atoms with van der Waals surface area (Å²) in [6.07, 6.45) is 4.47. The van der Waals surface area contributed by atoms with E-state index in [4.69, 9.17) is 0 Å². The fraction of sp³-hybridized carbons (Fsp3) is 0.412. The molecule has 27 heavy (non-hydrogen) atoms. The third-order valence-electron chi connectivity index (χ3n) is 3.75. The summed E-state index contributed by atoms with van der Waals surface area (Å²) in [5, 5.41) is 10.2. The maximum atomic E-state index is 13.5. The Balaban J connectivity index is 1.71. The highest BCUT2D eigenvalue weighted by Crippen LogP contribution is 2.14. The number of aryl methyl sites for hydroxylation is 2. The number of aliphatic imine (C=N–C) groups is 1. The van der Waals surface area contributed by atoms with Crippen LogP contribution in [0.1, 0.15) is 12.0 Å². The molecule has 0 amide bonds. The number of benzene rings is 1. The van der Waals surface area contributed by atoms with Gasteiger partial charge in [-0.05, 0) is 37.1 Å². The highest BCUT2D eigenvalue weighted by Gasteiger charge is 2.11. The Morgan fingerprint density at radius 3 is 2.74 bits per heavy atom. The van der Waals surface area contributed by atoms with Gasteiger partial charge in [0, 0.05) is 39.1 Å². The predicted octanol–water partition coefficient (Wildman–Crippen LogP) is 1.33. The highest BCUT2D eigenvalue weighted by molar-refractivity contribution is 7.92. The maximum Gasteiger partial charge on any atom is 0.234 e. The summed E-state index contributed by atoms with van der Waals surface area (Å²) < 4.78 is 42.0. The molecule has 1 heterocycles. The summed E-state index contributed by atoms with van der Waals surface area (Å²) in [6, 6.07) is 6.09. The Morgan fingerprint density at radius 2 is 2.07 bits per heavy atom. The molecule has 0 fully saturated rings. The van der Waals surface area contributed by atoms with Gasteiger partial charge in [-0.2, -0.15) is 5.10 Å². The number of rotatable bonds is 9. The van der Waals surface area contributed by atoms with Crippen LogP contribution in [0.5, 0.6) is 0 Å². The second-order valence-corrected chi connectivity index (χ2v) is 7.78. The molecular formula is C17H25FN6O2S. The molecule has 0 aliphatic carbocycles. The van der Waals surface area contributed by atoms with Crippen molar-refractivity contribution in [1.29, 1.82) is 0 Å². The van der Waals surface area contributed by atoms with Gasteiger partial charge in [0.15, 0.2) is 5.96 Å². The van der Waals surface area contributed by atoms with E-state index in [-0.39, 0.29) is 18.0 Å². The van der Waals surface area contributed by atoms with E-state index in [1.807, 2.05) is 16.9 Å². The molecule has 0 bridgehead atoms. The van der Waals surface area contributed by atoms with E-state index >= 15 is 0 Å². The first kappa shape index (κ1) is 20.7. The first-order chi connectivity index (χ1) is 12.9. The smallest absolute Gasteiger partial charge is 0.234 e. The third kappa shape index (κ3) is 7.26. The first-order valence-electron chi connectivity index (χ1n) is 8.58. The molecule has 148 valence electrons.